The predicted molar refractivity (Wildman–Crippen MR) is 155 cm³/mol. The number of fused-ring (bicyclic) bond motifs is 1. The van der Waals surface area contributed by atoms with Crippen LogP contribution in [0.4, 0.5) is 5.69 Å². The smallest absolute Gasteiger partial charge is 0.256 e. The van der Waals surface area contributed by atoms with E-state index in [4.69, 9.17) is 16.3 Å². The molecule has 1 aliphatic heterocycles. The molecule has 3 aromatic rings. The number of aromatic nitrogens is 1. The number of nitrogens with one attached hydrogen (secondary N) is 2. The zero-order chi connectivity index (χ0) is 28.9. The van der Waals surface area contributed by atoms with Crippen LogP contribution < -0.4 is 15.5 Å². The molecule has 2 atom stereocenters. The molecule has 3 amide bonds. The molecule has 0 bridgehead atoms. The third kappa shape index (κ3) is 7.67. The minimum atomic E-state index is -1.04. The van der Waals surface area contributed by atoms with Gasteiger partial charge in [-0.05, 0) is 46.9 Å². The minimum absolute atomic E-state index is 0.131. The van der Waals surface area contributed by atoms with Gasteiger partial charge in [-0.15, -0.1) is 0 Å². The molecule has 1 aliphatic rings. The lowest BCUT2D eigenvalue weighted by molar-refractivity contribution is -0.138. The second kappa shape index (κ2) is 12.6. The first-order chi connectivity index (χ1) is 19.0. The van der Waals surface area contributed by atoms with E-state index in [9.17, 15) is 14.4 Å². The van der Waals surface area contributed by atoms with Crippen LogP contribution in [0, 0.1) is 5.41 Å². The molecule has 9 heteroatoms. The van der Waals surface area contributed by atoms with Crippen molar-refractivity contribution in [1.29, 1.82) is 0 Å². The molecule has 0 saturated carbocycles. The summed E-state index contributed by atoms with van der Waals surface area (Å²) in [5.41, 5.74) is 3.59. The van der Waals surface area contributed by atoms with Crippen LogP contribution in [0.25, 0.3) is 0 Å². The zero-order valence-electron chi connectivity index (χ0n) is 23.2. The van der Waals surface area contributed by atoms with Crippen molar-refractivity contribution in [2.75, 3.05) is 11.4 Å². The Balaban J connectivity index is 1.71. The molecule has 2 N–H and O–H groups in total. The molecule has 1 aromatic heterocycles. The average Bonchev–Trinajstić information content (AvgIpc) is 3.01. The third-order valence-electron chi connectivity index (χ3n) is 6.40. The van der Waals surface area contributed by atoms with Gasteiger partial charge in [0.05, 0.1) is 18.7 Å². The van der Waals surface area contributed by atoms with Crippen molar-refractivity contribution >= 4 is 35.0 Å². The predicted octanol–water partition coefficient (Wildman–Crippen LogP) is 4.94. The fourth-order valence-electron chi connectivity index (χ4n) is 4.63. The number of carbonyl (C=O) groups excluding carboxylic acids is 3. The highest BCUT2D eigenvalue weighted by atomic mass is 35.5. The fraction of sp³-hybridized carbons (Fsp3) is 0.355. The van der Waals surface area contributed by atoms with Crippen LogP contribution in [-0.2, 0) is 32.2 Å². The highest BCUT2D eigenvalue weighted by Crippen LogP contribution is 2.41. The van der Waals surface area contributed by atoms with E-state index in [1.54, 1.807) is 17.2 Å². The summed E-state index contributed by atoms with van der Waals surface area (Å²) in [5, 5.41) is 6.18. The second-order valence-corrected chi connectivity index (χ2v) is 11.6. The Morgan fingerprint density at radius 1 is 1.02 bits per heavy atom. The molecule has 0 saturated heterocycles. The third-order valence-corrected chi connectivity index (χ3v) is 6.63. The first-order valence-corrected chi connectivity index (χ1v) is 13.6. The Hall–Kier alpha value is -3.75. The van der Waals surface area contributed by atoms with Crippen LogP contribution in [-0.4, -0.2) is 35.4 Å². The van der Waals surface area contributed by atoms with E-state index in [1.165, 1.54) is 6.92 Å². The molecule has 2 aromatic carbocycles. The van der Waals surface area contributed by atoms with Crippen molar-refractivity contribution in [3.8, 4) is 0 Å². The highest BCUT2D eigenvalue weighted by Gasteiger charge is 2.39. The van der Waals surface area contributed by atoms with Crippen LogP contribution >= 0.6 is 11.6 Å². The largest absolute Gasteiger partial charge is 0.355 e. The quantitative estimate of drug-likeness (QED) is 0.405. The summed E-state index contributed by atoms with van der Waals surface area (Å²) in [6.07, 6.45) is -0.206. The maximum atomic E-state index is 14.0. The van der Waals surface area contributed by atoms with Crippen molar-refractivity contribution in [3.63, 3.8) is 0 Å². The molecule has 0 aliphatic carbocycles. The van der Waals surface area contributed by atoms with E-state index in [2.05, 4.69) is 36.4 Å². The lowest BCUT2D eigenvalue weighted by Gasteiger charge is -2.31. The number of benzene rings is 2. The molecule has 4 rings (SSSR count). The monoisotopic (exact) mass is 562 g/mol. The van der Waals surface area contributed by atoms with Crippen LogP contribution in [0.5, 0.6) is 0 Å². The number of pyridine rings is 1. The van der Waals surface area contributed by atoms with Gasteiger partial charge in [0.25, 0.3) is 5.91 Å². The van der Waals surface area contributed by atoms with Crippen LogP contribution in [0.1, 0.15) is 62.6 Å². The number of rotatable bonds is 8. The molecular weight excluding hydrogens is 528 g/mol. The zero-order valence-corrected chi connectivity index (χ0v) is 24.0. The number of carbonyl (C=O) groups is 3. The van der Waals surface area contributed by atoms with Crippen molar-refractivity contribution in [1.82, 2.24) is 15.6 Å². The van der Waals surface area contributed by atoms with Gasteiger partial charge in [-0.2, -0.15) is 0 Å². The van der Waals surface area contributed by atoms with E-state index in [1.807, 2.05) is 54.6 Å². The SMILES string of the molecule is CC(=O)NCc1cccc(C2OC(CC(=O)NCc3ccccn3)C(=O)N(CC(C)(C)C)c3ccc(Cl)cc32)c1. The van der Waals surface area contributed by atoms with Gasteiger partial charge >= 0.3 is 0 Å². The lowest BCUT2D eigenvalue weighted by atomic mass is 9.94. The maximum absolute atomic E-state index is 14.0. The summed E-state index contributed by atoms with van der Waals surface area (Å²) in [4.78, 5) is 44.5. The normalized spacial score (nSPS) is 17.1. The average molecular weight is 563 g/mol. The van der Waals surface area contributed by atoms with Gasteiger partial charge in [-0.3, -0.25) is 19.4 Å². The van der Waals surface area contributed by atoms with Crippen LogP contribution in [0.3, 0.4) is 0 Å². The number of anilines is 1. The summed E-state index contributed by atoms with van der Waals surface area (Å²) in [6, 6.07) is 18.5. The van der Waals surface area contributed by atoms with Gasteiger partial charge in [0.1, 0.15) is 12.2 Å². The van der Waals surface area contributed by atoms with Gasteiger partial charge in [-0.25, -0.2) is 0 Å². The molecule has 2 heterocycles. The minimum Gasteiger partial charge on any atom is -0.355 e. The molecule has 40 heavy (non-hydrogen) atoms. The van der Waals surface area contributed by atoms with E-state index in [-0.39, 0.29) is 36.1 Å². The lowest BCUT2D eigenvalue weighted by Crippen LogP contribution is -2.45. The highest BCUT2D eigenvalue weighted by molar-refractivity contribution is 6.30. The Labute approximate surface area is 240 Å². The van der Waals surface area contributed by atoms with Gasteiger partial charge in [0.15, 0.2) is 0 Å². The number of halogens is 1. The molecule has 2 unspecified atom stereocenters. The Morgan fingerprint density at radius 2 is 1.82 bits per heavy atom. The van der Waals surface area contributed by atoms with Crippen molar-refractivity contribution in [3.05, 3.63) is 94.3 Å². The summed E-state index contributed by atoms with van der Waals surface area (Å²) in [7, 11) is 0. The van der Waals surface area contributed by atoms with Gasteiger partial charge in [0, 0.05) is 42.5 Å². The van der Waals surface area contributed by atoms with Crippen LogP contribution in [0.2, 0.25) is 5.02 Å². The molecule has 210 valence electrons. The first kappa shape index (κ1) is 29.2. The Kier molecular flexibility index (Phi) is 9.22. The Bertz CT molecular complexity index is 1370. The maximum Gasteiger partial charge on any atom is 0.256 e. The number of hydrogen-bond donors (Lipinski definition) is 2. The van der Waals surface area contributed by atoms with Crippen LogP contribution in [0.15, 0.2) is 66.9 Å². The van der Waals surface area contributed by atoms with Crippen molar-refractivity contribution in [2.24, 2.45) is 5.41 Å². The van der Waals surface area contributed by atoms with Crippen molar-refractivity contribution in [2.45, 2.75) is 59.4 Å². The van der Waals surface area contributed by atoms with Gasteiger partial charge < -0.3 is 20.3 Å². The number of ether oxygens (including phenoxy) is 1. The van der Waals surface area contributed by atoms with E-state index < -0.39 is 12.2 Å². The summed E-state index contributed by atoms with van der Waals surface area (Å²) >= 11 is 6.46. The molecule has 0 spiro atoms. The van der Waals surface area contributed by atoms with E-state index in [0.717, 1.165) is 16.7 Å². The van der Waals surface area contributed by atoms with E-state index >= 15 is 0 Å². The fourth-order valence-corrected chi connectivity index (χ4v) is 4.81. The standard InChI is InChI=1S/C31H35ClN4O4/c1-20(37)34-17-21-8-7-9-22(14-21)29-25-15-23(32)11-12-26(25)36(19-31(2,3)4)30(39)27(40-29)16-28(38)35-18-24-10-5-6-13-33-24/h5-15,27,29H,16-19H2,1-4H3,(H,34,37)(H,35,38). The second-order valence-electron chi connectivity index (χ2n) is 11.1. The Morgan fingerprint density at radius 3 is 2.52 bits per heavy atom. The molecule has 0 radical (unpaired) electrons. The summed E-state index contributed by atoms with van der Waals surface area (Å²) < 4.78 is 6.53. The topological polar surface area (TPSA) is 101 Å². The van der Waals surface area contributed by atoms with Gasteiger partial charge in [0.2, 0.25) is 11.8 Å². The number of nitrogens with zero attached hydrogens (tertiary/aromatic N) is 2. The molecular formula is C31H35ClN4O4. The number of hydrogen-bond acceptors (Lipinski definition) is 5. The van der Waals surface area contributed by atoms with Gasteiger partial charge in [-0.1, -0.05) is 62.7 Å². The summed E-state index contributed by atoms with van der Waals surface area (Å²) in [6.45, 7) is 8.65. The van der Waals surface area contributed by atoms with Crippen molar-refractivity contribution < 1.29 is 19.1 Å². The van der Waals surface area contributed by atoms with E-state index in [0.29, 0.717) is 29.5 Å². The molecule has 0 fully saturated rings. The summed E-state index contributed by atoms with van der Waals surface area (Å²) in [5.74, 6) is -0.737. The first-order valence-electron chi connectivity index (χ1n) is 13.3. The molecule has 8 nitrogen and oxygen atoms in total. The number of amides is 3.